The first-order valence-electron chi connectivity index (χ1n) is 6.72. The van der Waals surface area contributed by atoms with Crippen LogP contribution < -0.4 is 4.74 Å². The van der Waals surface area contributed by atoms with Crippen LogP contribution in [0.15, 0.2) is 54.6 Å². The average Bonchev–Trinajstić information content (AvgIpc) is 3.30. The van der Waals surface area contributed by atoms with Gasteiger partial charge in [0, 0.05) is 5.92 Å². The van der Waals surface area contributed by atoms with Crippen molar-refractivity contribution in [2.75, 3.05) is 13.2 Å². The van der Waals surface area contributed by atoms with E-state index >= 15 is 0 Å². The highest BCUT2D eigenvalue weighted by atomic mass is 16.6. The summed E-state index contributed by atoms with van der Waals surface area (Å²) in [4.78, 5) is 0. The number of epoxide rings is 1. The summed E-state index contributed by atoms with van der Waals surface area (Å²) in [7, 11) is 0. The summed E-state index contributed by atoms with van der Waals surface area (Å²) in [5.41, 5.74) is 2.64. The van der Waals surface area contributed by atoms with Gasteiger partial charge in [-0.3, -0.25) is 0 Å². The Labute approximate surface area is 114 Å². The fourth-order valence-electron chi connectivity index (χ4n) is 2.14. The molecule has 0 saturated carbocycles. The van der Waals surface area contributed by atoms with Crippen molar-refractivity contribution in [2.45, 2.75) is 18.9 Å². The lowest BCUT2D eigenvalue weighted by atomic mass is 9.93. The van der Waals surface area contributed by atoms with Gasteiger partial charge in [0.25, 0.3) is 0 Å². The van der Waals surface area contributed by atoms with E-state index < -0.39 is 0 Å². The first kappa shape index (κ1) is 12.2. The number of rotatable bonds is 5. The molecule has 2 aromatic carbocycles. The van der Waals surface area contributed by atoms with Crippen molar-refractivity contribution in [2.24, 2.45) is 0 Å². The molecule has 1 aliphatic rings. The lowest BCUT2D eigenvalue weighted by Gasteiger charge is -2.13. The maximum Gasteiger partial charge on any atom is 0.119 e. The van der Waals surface area contributed by atoms with E-state index in [1.165, 1.54) is 11.1 Å². The normalized spacial score (nSPS) is 18.9. The zero-order chi connectivity index (χ0) is 13.1. The van der Waals surface area contributed by atoms with Crippen molar-refractivity contribution >= 4 is 0 Å². The van der Waals surface area contributed by atoms with E-state index in [4.69, 9.17) is 9.47 Å². The van der Waals surface area contributed by atoms with Crippen LogP contribution in [0.5, 0.6) is 5.75 Å². The first-order chi connectivity index (χ1) is 9.33. The topological polar surface area (TPSA) is 21.8 Å². The lowest BCUT2D eigenvalue weighted by Crippen LogP contribution is -2.04. The van der Waals surface area contributed by atoms with Gasteiger partial charge in [-0.2, -0.15) is 0 Å². The number of benzene rings is 2. The Bertz CT molecular complexity index is 515. The summed E-state index contributed by atoms with van der Waals surface area (Å²) in [6.07, 6.45) is 0.308. The van der Waals surface area contributed by atoms with Crippen LogP contribution >= 0.6 is 0 Å². The first-order valence-corrected chi connectivity index (χ1v) is 6.72. The second kappa shape index (κ2) is 5.45. The van der Waals surface area contributed by atoms with Gasteiger partial charge < -0.3 is 9.47 Å². The molecule has 0 radical (unpaired) electrons. The molecule has 0 aromatic heterocycles. The molecule has 0 aliphatic carbocycles. The number of hydrogen-bond acceptors (Lipinski definition) is 2. The van der Waals surface area contributed by atoms with Gasteiger partial charge in [-0.15, -0.1) is 0 Å². The molecule has 0 unspecified atom stereocenters. The lowest BCUT2D eigenvalue weighted by molar-refractivity contribution is 0.263. The summed E-state index contributed by atoms with van der Waals surface area (Å²) in [6.45, 7) is 3.72. The van der Waals surface area contributed by atoms with Crippen molar-refractivity contribution in [1.29, 1.82) is 0 Å². The third-order valence-corrected chi connectivity index (χ3v) is 3.52. The molecule has 1 heterocycles. The SMILES string of the molecule is C[C@@H](c1ccccc1)c1ccc(OC[C@@H]2CO2)cc1. The highest BCUT2D eigenvalue weighted by Crippen LogP contribution is 2.25. The minimum atomic E-state index is 0.308. The van der Waals surface area contributed by atoms with Crippen LogP contribution in [-0.2, 0) is 4.74 Å². The minimum Gasteiger partial charge on any atom is -0.491 e. The van der Waals surface area contributed by atoms with Gasteiger partial charge in [0.15, 0.2) is 0 Å². The van der Waals surface area contributed by atoms with Crippen molar-refractivity contribution in [3.8, 4) is 5.75 Å². The Balaban J connectivity index is 1.67. The largest absolute Gasteiger partial charge is 0.491 e. The Morgan fingerprint density at radius 1 is 1.05 bits per heavy atom. The molecule has 2 heteroatoms. The summed E-state index contributed by atoms with van der Waals surface area (Å²) in [6, 6.07) is 18.9. The second-order valence-corrected chi connectivity index (χ2v) is 4.97. The van der Waals surface area contributed by atoms with Crippen LogP contribution in [0.3, 0.4) is 0 Å². The number of hydrogen-bond donors (Lipinski definition) is 0. The Morgan fingerprint density at radius 2 is 1.68 bits per heavy atom. The van der Waals surface area contributed by atoms with Gasteiger partial charge in [-0.25, -0.2) is 0 Å². The standard InChI is InChI=1S/C17H18O2/c1-13(14-5-3-2-4-6-14)15-7-9-16(10-8-15)18-11-17-12-19-17/h2-10,13,17H,11-12H2,1H3/t13-,17+/m0/s1. The Morgan fingerprint density at radius 3 is 2.32 bits per heavy atom. The Hall–Kier alpha value is -1.80. The quantitative estimate of drug-likeness (QED) is 0.760. The second-order valence-electron chi connectivity index (χ2n) is 4.97. The molecule has 2 aromatic rings. The van der Waals surface area contributed by atoms with E-state index in [-0.39, 0.29) is 0 Å². The number of ether oxygens (including phenoxy) is 2. The van der Waals surface area contributed by atoms with E-state index in [9.17, 15) is 0 Å². The molecule has 3 rings (SSSR count). The van der Waals surface area contributed by atoms with Gasteiger partial charge in [-0.1, -0.05) is 49.4 Å². The molecule has 98 valence electrons. The van der Waals surface area contributed by atoms with E-state index in [0.29, 0.717) is 18.6 Å². The Kier molecular flexibility index (Phi) is 3.51. The average molecular weight is 254 g/mol. The summed E-state index contributed by atoms with van der Waals surface area (Å²) < 4.78 is 10.8. The van der Waals surface area contributed by atoms with Gasteiger partial charge in [0.1, 0.15) is 18.5 Å². The molecule has 0 spiro atoms. The van der Waals surface area contributed by atoms with Crippen molar-refractivity contribution in [3.63, 3.8) is 0 Å². The van der Waals surface area contributed by atoms with E-state index in [0.717, 1.165) is 12.4 Å². The third kappa shape index (κ3) is 3.15. The van der Waals surface area contributed by atoms with Gasteiger partial charge in [0.2, 0.25) is 0 Å². The zero-order valence-electron chi connectivity index (χ0n) is 11.1. The predicted molar refractivity (Wildman–Crippen MR) is 75.6 cm³/mol. The van der Waals surface area contributed by atoms with Gasteiger partial charge >= 0.3 is 0 Å². The smallest absolute Gasteiger partial charge is 0.119 e. The summed E-state index contributed by atoms with van der Waals surface area (Å²) in [5.74, 6) is 1.32. The van der Waals surface area contributed by atoms with Crippen LogP contribution in [0.1, 0.15) is 24.0 Å². The molecule has 2 nitrogen and oxygen atoms in total. The molecule has 0 N–H and O–H groups in total. The molecule has 1 fully saturated rings. The van der Waals surface area contributed by atoms with Crippen LogP contribution in [0, 0.1) is 0 Å². The fraction of sp³-hybridized carbons (Fsp3) is 0.294. The van der Waals surface area contributed by atoms with E-state index in [1.807, 2.05) is 18.2 Å². The van der Waals surface area contributed by atoms with Crippen molar-refractivity contribution in [3.05, 3.63) is 65.7 Å². The summed E-state index contributed by atoms with van der Waals surface area (Å²) in [5, 5.41) is 0. The maximum atomic E-state index is 5.65. The van der Waals surface area contributed by atoms with Crippen LogP contribution in [-0.4, -0.2) is 19.3 Å². The van der Waals surface area contributed by atoms with E-state index in [2.05, 4.69) is 43.3 Å². The molecular formula is C17H18O2. The fourth-order valence-corrected chi connectivity index (χ4v) is 2.14. The monoisotopic (exact) mass is 254 g/mol. The highest BCUT2D eigenvalue weighted by molar-refractivity contribution is 5.35. The van der Waals surface area contributed by atoms with Gasteiger partial charge in [0.05, 0.1) is 6.61 Å². The van der Waals surface area contributed by atoms with Gasteiger partial charge in [-0.05, 0) is 23.3 Å². The van der Waals surface area contributed by atoms with E-state index in [1.54, 1.807) is 0 Å². The summed E-state index contributed by atoms with van der Waals surface area (Å²) >= 11 is 0. The molecule has 19 heavy (non-hydrogen) atoms. The third-order valence-electron chi connectivity index (χ3n) is 3.52. The van der Waals surface area contributed by atoms with Crippen LogP contribution in [0.4, 0.5) is 0 Å². The van der Waals surface area contributed by atoms with Crippen molar-refractivity contribution < 1.29 is 9.47 Å². The minimum absolute atomic E-state index is 0.308. The molecule has 2 atom stereocenters. The zero-order valence-corrected chi connectivity index (χ0v) is 11.1. The molecule has 0 amide bonds. The van der Waals surface area contributed by atoms with Crippen LogP contribution in [0.2, 0.25) is 0 Å². The van der Waals surface area contributed by atoms with Crippen molar-refractivity contribution in [1.82, 2.24) is 0 Å². The molecule has 1 aliphatic heterocycles. The predicted octanol–water partition coefficient (Wildman–Crippen LogP) is 3.62. The molecule has 0 bridgehead atoms. The maximum absolute atomic E-state index is 5.65. The molecular weight excluding hydrogens is 236 g/mol. The van der Waals surface area contributed by atoms with Crippen LogP contribution in [0.25, 0.3) is 0 Å². The highest BCUT2D eigenvalue weighted by Gasteiger charge is 2.23. The molecule has 1 saturated heterocycles.